The second-order valence-electron chi connectivity index (χ2n) is 4.66. The van der Waals surface area contributed by atoms with Crippen molar-refractivity contribution in [2.75, 3.05) is 35.2 Å². The standard InChI is InChI=1S/C16H23N5/c1-4-18-15-11-17-12-16(20-15)19-13-7-9-14(10-8-13)21(5-2)6-3/h7-12H,4-6H2,1-3H3,(H2,18,19,20). The number of benzene rings is 1. The zero-order chi connectivity index (χ0) is 15.1. The fourth-order valence-corrected chi connectivity index (χ4v) is 2.18. The third kappa shape index (κ3) is 4.08. The van der Waals surface area contributed by atoms with Gasteiger partial charge in [-0.15, -0.1) is 0 Å². The van der Waals surface area contributed by atoms with Gasteiger partial charge in [-0.05, 0) is 45.0 Å². The zero-order valence-electron chi connectivity index (χ0n) is 12.9. The Balaban J connectivity index is 2.08. The average Bonchev–Trinajstić information content (AvgIpc) is 2.51. The molecule has 0 spiro atoms. The van der Waals surface area contributed by atoms with Crippen molar-refractivity contribution < 1.29 is 0 Å². The molecule has 2 rings (SSSR count). The van der Waals surface area contributed by atoms with Crippen LogP contribution in [0.15, 0.2) is 36.7 Å². The molecule has 0 saturated carbocycles. The molecule has 0 fully saturated rings. The summed E-state index contributed by atoms with van der Waals surface area (Å²) in [6.07, 6.45) is 3.44. The van der Waals surface area contributed by atoms with Gasteiger partial charge >= 0.3 is 0 Å². The third-order valence-corrected chi connectivity index (χ3v) is 3.26. The van der Waals surface area contributed by atoms with E-state index >= 15 is 0 Å². The fourth-order valence-electron chi connectivity index (χ4n) is 2.18. The van der Waals surface area contributed by atoms with Crippen molar-refractivity contribution in [2.24, 2.45) is 0 Å². The van der Waals surface area contributed by atoms with E-state index in [-0.39, 0.29) is 0 Å². The highest BCUT2D eigenvalue weighted by Gasteiger charge is 2.02. The number of hydrogen-bond donors (Lipinski definition) is 2. The quantitative estimate of drug-likeness (QED) is 0.815. The van der Waals surface area contributed by atoms with Gasteiger partial charge in [0.15, 0.2) is 5.82 Å². The molecule has 2 N–H and O–H groups in total. The molecule has 1 aromatic heterocycles. The van der Waals surface area contributed by atoms with Gasteiger partial charge in [0.2, 0.25) is 0 Å². The number of anilines is 4. The van der Waals surface area contributed by atoms with Crippen LogP contribution in [0, 0.1) is 0 Å². The van der Waals surface area contributed by atoms with E-state index in [9.17, 15) is 0 Å². The number of hydrogen-bond acceptors (Lipinski definition) is 5. The predicted molar refractivity (Wildman–Crippen MR) is 89.5 cm³/mol. The van der Waals surface area contributed by atoms with Crippen LogP contribution in [-0.4, -0.2) is 29.6 Å². The first-order valence-electron chi connectivity index (χ1n) is 7.44. The van der Waals surface area contributed by atoms with E-state index in [4.69, 9.17) is 0 Å². The Labute approximate surface area is 126 Å². The molecule has 0 amide bonds. The molecule has 112 valence electrons. The number of nitrogens with zero attached hydrogens (tertiary/aromatic N) is 3. The van der Waals surface area contributed by atoms with E-state index in [1.165, 1.54) is 5.69 Å². The Kier molecular flexibility index (Phi) is 5.37. The van der Waals surface area contributed by atoms with Crippen molar-refractivity contribution in [3.8, 4) is 0 Å². The van der Waals surface area contributed by atoms with Crippen LogP contribution in [0.1, 0.15) is 20.8 Å². The highest BCUT2D eigenvalue weighted by Crippen LogP contribution is 2.20. The Morgan fingerprint density at radius 1 is 0.952 bits per heavy atom. The van der Waals surface area contributed by atoms with Crippen molar-refractivity contribution >= 4 is 23.0 Å². The lowest BCUT2D eigenvalue weighted by Crippen LogP contribution is -2.21. The fraction of sp³-hybridized carbons (Fsp3) is 0.375. The molecule has 0 radical (unpaired) electrons. The SMILES string of the molecule is CCNc1cncc(Nc2ccc(N(CC)CC)cc2)n1. The average molecular weight is 285 g/mol. The van der Waals surface area contributed by atoms with Crippen LogP contribution < -0.4 is 15.5 Å². The summed E-state index contributed by atoms with van der Waals surface area (Å²) in [5.74, 6) is 1.52. The van der Waals surface area contributed by atoms with Crippen LogP contribution in [0.2, 0.25) is 0 Å². The van der Waals surface area contributed by atoms with E-state index in [0.29, 0.717) is 0 Å². The lowest BCUT2D eigenvalue weighted by molar-refractivity contribution is 0.866. The number of rotatable bonds is 7. The second kappa shape index (κ2) is 7.47. The Morgan fingerprint density at radius 3 is 2.24 bits per heavy atom. The molecular formula is C16H23N5. The van der Waals surface area contributed by atoms with Crippen molar-refractivity contribution in [2.45, 2.75) is 20.8 Å². The summed E-state index contributed by atoms with van der Waals surface area (Å²) in [7, 11) is 0. The summed E-state index contributed by atoms with van der Waals surface area (Å²) in [6.45, 7) is 9.22. The molecule has 2 aromatic rings. The maximum absolute atomic E-state index is 4.45. The minimum absolute atomic E-state index is 0.740. The third-order valence-electron chi connectivity index (χ3n) is 3.26. The minimum atomic E-state index is 0.740. The smallest absolute Gasteiger partial charge is 0.151 e. The van der Waals surface area contributed by atoms with Crippen LogP contribution >= 0.6 is 0 Å². The molecule has 0 unspecified atom stereocenters. The molecule has 21 heavy (non-hydrogen) atoms. The maximum atomic E-state index is 4.45. The van der Waals surface area contributed by atoms with Crippen molar-refractivity contribution in [3.63, 3.8) is 0 Å². The second-order valence-corrected chi connectivity index (χ2v) is 4.66. The van der Waals surface area contributed by atoms with E-state index in [1.54, 1.807) is 12.4 Å². The van der Waals surface area contributed by atoms with Gasteiger partial charge in [0.05, 0.1) is 12.4 Å². The largest absolute Gasteiger partial charge is 0.372 e. The predicted octanol–water partition coefficient (Wildman–Crippen LogP) is 3.50. The topological polar surface area (TPSA) is 53.1 Å². The summed E-state index contributed by atoms with van der Waals surface area (Å²) in [6, 6.07) is 8.37. The van der Waals surface area contributed by atoms with Gasteiger partial charge in [-0.25, -0.2) is 4.98 Å². The van der Waals surface area contributed by atoms with Gasteiger partial charge in [0.25, 0.3) is 0 Å². The van der Waals surface area contributed by atoms with Crippen LogP contribution in [0.3, 0.4) is 0 Å². The highest BCUT2D eigenvalue weighted by molar-refractivity contribution is 5.61. The lowest BCUT2D eigenvalue weighted by atomic mass is 10.2. The number of aromatic nitrogens is 2. The Bertz CT molecular complexity index is 549. The normalized spacial score (nSPS) is 10.2. The molecule has 0 saturated heterocycles. The summed E-state index contributed by atoms with van der Waals surface area (Å²) in [5, 5.41) is 6.43. The van der Waals surface area contributed by atoms with Gasteiger partial charge < -0.3 is 15.5 Å². The molecule has 1 heterocycles. The van der Waals surface area contributed by atoms with Gasteiger partial charge in [-0.2, -0.15) is 0 Å². The first-order valence-corrected chi connectivity index (χ1v) is 7.44. The molecule has 0 aliphatic carbocycles. The van der Waals surface area contributed by atoms with Gasteiger partial charge in [0, 0.05) is 31.0 Å². The molecule has 0 aliphatic heterocycles. The summed E-state index contributed by atoms with van der Waals surface area (Å²) >= 11 is 0. The van der Waals surface area contributed by atoms with Gasteiger partial charge in [-0.1, -0.05) is 0 Å². The Morgan fingerprint density at radius 2 is 1.62 bits per heavy atom. The lowest BCUT2D eigenvalue weighted by Gasteiger charge is -2.21. The maximum Gasteiger partial charge on any atom is 0.151 e. The van der Waals surface area contributed by atoms with Crippen LogP contribution in [0.4, 0.5) is 23.0 Å². The minimum Gasteiger partial charge on any atom is -0.372 e. The van der Waals surface area contributed by atoms with Gasteiger partial charge in [-0.3, -0.25) is 4.98 Å². The first-order chi connectivity index (χ1) is 10.3. The molecule has 0 atom stereocenters. The Hall–Kier alpha value is -2.30. The molecule has 0 aliphatic rings. The summed E-state index contributed by atoms with van der Waals surface area (Å²) < 4.78 is 0. The number of nitrogens with one attached hydrogen (secondary N) is 2. The van der Waals surface area contributed by atoms with E-state index in [1.807, 2.05) is 6.92 Å². The monoisotopic (exact) mass is 285 g/mol. The van der Waals surface area contributed by atoms with Crippen LogP contribution in [0.5, 0.6) is 0 Å². The van der Waals surface area contributed by atoms with Crippen molar-refractivity contribution in [3.05, 3.63) is 36.7 Å². The molecular weight excluding hydrogens is 262 g/mol. The summed E-state index contributed by atoms with van der Waals surface area (Å²) in [5.41, 5.74) is 2.24. The van der Waals surface area contributed by atoms with Gasteiger partial charge in [0.1, 0.15) is 5.82 Å². The molecule has 1 aromatic carbocycles. The van der Waals surface area contributed by atoms with Crippen LogP contribution in [0.25, 0.3) is 0 Å². The van der Waals surface area contributed by atoms with E-state index in [2.05, 4.69) is 63.6 Å². The van der Waals surface area contributed by atoms with Crippen molar-refractivity contribution in [1.82, 2.24) is 9.97 Å². The van der Waals surface area contributed by atoms with E-state index in [0.717, 1.165) is 37.0 Å². The molecule has 5 nitrogen and oxygen atoms in total. The highest BCUT2D eigenvalue weighted by atomic mass is 15.1. The first kappa shape index (κ1) is 15.1. The van der Waals surface area contributed by atoms with E-state index < -0.39 is 0 Å². The zero-order valence-corrected chi connectivity index (χ0v) is 12.9. The summed E-state index contributed by atoms with van der Waals surface area (Å²) in [4.78, 5) is 10.9. The molecule has 5 heteroatoms. The molecule has 0 bridgehead atoms. The van der Waals surface area contributed by atoms with Crippen LogP contribution in [-0.2, 0) is 0 Å². The van der Waals surface area contributed by atoms with Crippen molar-refractivity contribution in [1.29, 1.82) is 0 Å².